The first kappa shape index (κ1) is 12.4. The molecule has 100 valence electrons. The maximum Gasteiger partial charge on any atom is 0.181 e. The number of ketones is 1. The predicted octanol–water partition coefficient (Wildman–Crippen LogP) is 2.89. The van der Waals surface area contributed by atoms with Crippen LogP contribution in [0.15, 0.2) is 29.0 Å². The molecule has 0 saturated carbocycles. The van der Waals surface area contributed by atoms with E-state index in [2.05, 4.69) is 9.88 Å². The van der Waals surface area contributed by atoms with E-state index in [1.165, 1.54) is 25.7 Å². The van der Waals surface area contributed by atoms with Crippen LogP contribution in [0.4, 0.5) is 0 Å². The van der Waals surface area contributed by atoms with Crippen LogP contribution in [-0.2, 0) is 0 Å². The van der Waals surface area contributed by atoms with Gasteiger partial charge in [-0.3, -0.25) is 4.79 Å². The van der Waals surface area contributed by atoms with E-state index in [1.54, 1.807) is 0 Å². The van der Waals surface area contributed by atoms with Crippen LogP contribution in [0.1, 0.15) is 36.0 Å². The highest BCUT2D eigenvalue weighted by atomic mass is 16.3. The van der Waals surface area contributed by atoms with Crippen molar-refractivity contribution in [3.05, 3.63) is 30.2 Å². The lowest BCUT2D eigenvalue weighted by atomic mass is 10.1. The highest BCUT2D eigenvalue weighted by Gasteiger charge is 2.13. The molecule has 0 N–H and O–H groups in total. The van der Waals surface area contributed by atoms with Gasteiger partial charge in [-0.1, -0.05) is 6.42 Å². The fraction of sp³-hybridized carbons (Fsp3) is 0.467. The number of likely N-dealkylation sites (tertiary alicyclic amines) is 1. The Morgan fingerprint density at radius 1 is 1.26 bits per heavy atom. The number of fused-ring (bicyclic) bond motifs is 1. The van der Waals surface area contributed by atoms with Crippen molar-refractivity contribution in [2.45, 2.75) is 25.7 Å². The standard InChI is InChI=1S/C15H18N2O2/c18-14(6-9-17-7-2-1-3-8-17)12-4-5-15-13(10-12)16-11-19-15/h4-5,10-11H,1-3,6-9H2. The molecule has 2 heterocycles. The predicted molar refractivity (Wildman–Crippen MR) is 73.2 cm³/mol. The smallest absolute Gasteiger partial charge is 0.181 e. The Morgan fingerprint density at radius 2 is 2.11 bits per heavy atom. The van der Waals surface area contributed by atoms with Gasteiger partial charge in [0.25, 0.3) is 0 Å². The summed E-state index contributed by atoms with van der Waals surface area (Å²) in [6.07, 6.45) is 5.85. The van der Waals surface area contributed by atoms with E-state index in [1.807, 2.05) is 18.2 Å². The molecule has 1 aliphatic heterocycles. The minimum absolute atomic E-state index is 0.190. The molecule has 1 aliphatic rings. The number of aromatic nitrogens is 1. The Kier molecular flexibility index (Phi) is 3.60. The van der Waals surface area contributed by atoms with Crippen molar-refractivity contribution in [2.24, 2.45) is 0 Å². The van der Waals surface area contributed by atoms with Crippen LogP contribution in [0, 0.1) is 0 Å². The maximum absolute atomic E-state index is 12.2. The van der Waals surface area contributed by atoms with Gasteiger partial charge in [-0.05, 0) is 44.1 Å². The summed E-state index contributed by atoms with van der Waals surface area (Å²) in [4.78, 5) is 18.6. The van der Waals surface area contributed by atoms with Crippen molar-refractivity contribution < 1.29 is 9.21 Å². The zero-order chi connectivity index (χ0) is 13.1. The molecule has 19 heavy (non-hydrogen) atoms. The Morgan fingerprint density at radius 3 is 2.95 bits per heavy atom. The molecule has 3 rings (SSSR count). The number of benzene rings is 1. The highest BCUT2D eigenvalue weighted by molar-refractivity contribution is 5.98. The van der Waals surface area contributed by atoms with Crippen molar-refractivity contribution in [3.63, 3.8) is 0 Å². The normalized spacial score (nSPS) is 16.8. The molecule has 1 fully saturated rings. The summed E-state index contributed by atoms with van der Waals surface area (Å²) < 4.78 is 5.18. The van der Waals surface area contributed by atoms with Gasteiger partial charge in [-0.15, -0.1) is 0 Å². The van der Waals surface area contributed by atoms with E-state index in [0.717, 1.165) is 36.3 Å². The summed E-state index contributed by atoms with van der Waals surface area (Å²) in [6, 6.07) is 5.46. The van der Waals surface area contributed by atoms with Gasteiger partial charge in [-0.2, -0.15) is 0 Å². The molecule has 4 heteroatoms. The van der Waals surface area contributed by atoms with Gasteiger partial charge in [0.1, 0.15) is 5.52 Å². The number of carbonyl (C=O) groups excluding carboxylic acids is 1. The van der Waals surface area contributed by atoms with Gasteiger partial charge < -0.3 is 9.32 Å². The average molecular weight is 258 g/mol. The molecule has 0 radical (unpaired) electrons. The monoisotopic (exact) mass is 258 g/mol. The van der Waals surface area contributed by atoms with Crippen molar-refractivity contribution in [2.75, 3.05) is 19.6 Å². The van der Waals surface area contributed by atoms with Gasteiger partial charge in [0.05, 0.1) is 0 Å². The highest BCUT2D eigenvalue weighted by Crippen LogP contribution is 2.16. The molecular weight excluding hydrogens is 240 g/mol. The van der Waals surface area contributed by atoms with Gasteiger partial charge in [0.2, 0.25) is 0 Å². The summed E-state index contributed by atoms with van der Waals surface area (Å²) in [5.41, 5.74) is 2.22. The molecule has 0 unspecified atom stereocenters. The first-order chi connectivity index (χ1) is 9.33. The summed E-state index contributed by atoms with van der Waals surface area (Å²) >= 11 is 0. The number of carbonyl (C=O) groups is 1. The van der Waals surface area contributed by atoms with E-state index < -0.39 is 0 Å². The third kappa shape index (κ3) is 2.84. The van der Waals surface area contributed by atoms with Gasteiger partial charge in [-0.25, -0.2) is 4.98 Å². The summed E-state index contributed by atoms with van der Waals surface area (Å²) in [5.74, 6) is 0.190. The lowest BCUT2D eigenvalue weighted by Crippen LogP contribution is -2.31. The molecule has 0 atom stereocenters. The second kappa shape index (κ2) is 5.53. The fourth-order valence-electron chi connectivity index (χ4n) is 2.62. The quantitative estimate of drug-likeness (QED) is 0.791. The third-order valence-corrected chi connectivity index (χ3v) is 3.76. The molecule has 4 nitrogen and oxygen atoms in total. The van der Waals surface area contributed by atoms with Crippen LogP contribution < -0.4 is 0 Å². The molecular formula is C15H18N2O2. The number of piperidine rings is 1. The number of Topliss-reactive ketones (excluding diaryl/α,β-unsaturated/α-hetero) is 1. The lowest BCUT2D eigenvalue weighted by molar-refractivity contribution is 0.0959. The third-order valence-electron chi connectivity index (χ3n) is 3.76. The van der Waals surface area contributed by atoms with Gasteiger partial charge >= 0.3 is 0 Å². The second-order valence-corrected chi connectivity index (χ2v) is 5.11. The van der Waals surface area contributed by atoms with E-state index in [-0.39, 0.29) is 5.78 Å². The van der Waals surface area contributed by atoms with Crippen LogP contribution in [0.2, 0.25) is 0 Å². The first-order valence-corrected chi connectivity index (χ1v) is 6.92. The van der Waals surface area contributed by atoms with E-state index >= 15 is 0 Å². The largest absolute Gasteiger partial charge is 0.443 e. The molecule has 1 saturated heterocycles. The number of rotatable bonds is 4. The van der Waals surface area contributed by atoms with Crippen LogP contribution in [-0.4, -0.2) is 35.3 Å². The van der Waals surface area contributed by atoms with Crippen LogP contribution in [0.25, 0.3) is 11.1 Å². The van der Waals surface area contributed by atoms with E-state index in [4.69, 9.17) is 4.42 Å². The summed E-state index contributed by atoms with van der Waals surface area (Å²) in [6.45, 7) is 3.14. The number of nitrogens with zero attached hydrogens (tertiary/aromatic N) is 2. The minimum Gasteiger partial charge on any atom is -0.443 e. The first-order valence-electron chi connectivity index (χ1n) is 6.92. The summed E-state index contributed by atoms with van der Waals surface area (Å²) in [5, 5.41) is 0. The molecule has 0 aliphatic carbocycles. The Balaban J connectivity index is 1.62. The van der Waals surface area contributed by atoms with Gasteiger partial charge in [0, 0.05) is 18.5 Å². The average Bonchev–Trinajstić information content (AvgIpc) is 2.93. The maximum atomic E-state index is 12.2. The zero-order valence-electron chi connectivity index (χ0n) is 11.0. The Hall–Kier alpha value is -1.68. The lowest BCUT2D eigenvalue weighted by Gasteiger charge is -2.25. The molecule has 0 spiro atoms. The number of hydrogen-bond acceptors (Lipinski definition) is 4. The van der Waals surface area contributed by atoms with Crippen molar-refractivity contribution in [1.29, 1.82) is 0 Å². The Bertz CT molecular complexity index is 570. The Labute approximate surface area is 112 Å². The summed E-state index contributed by atoms with van der Waals surface area (Å²) in [7, 11) is 0. The number of hydrogen-bond donors (Lipinski definition) is 0. The second-order valence-electron chi connectivity index (χ2n) is 5.11. The molecule has 1 aromatic carbocycles. The minimum atomic E-state index is 0.190. The topological polar surface area (TPSA) is 46.3 Å². The molecule has 0 bridgehead atoms. The SMILES string of the molecule is O=C(CCN1CCCCC1)c1ccc2ocnc2c1. The zero-order valence-corrected chi connectivity index (χ0v) is 11.0. The molecule has 0 amide bonds. The van der Waals surface area contributed by atoms with E-state index in [9.17, 15) is 4.79 Å². The van der Waals surface area contributed by atoms with Gasteiger partial charge in [0.15, 0.2) is 17.8 Å². The van der Waals surface area contributed by atoms with Crippen molar-refractivity contribution in [1.82, 2.24) is 9.88 Å². The van der Waals surface area contributed by atoms with E-state index in [0.29, 0.717) is 6.42 Å². The van der Waals surface area contributed by atoms with Crippen LogP contribution in [0.3, 0.4) is 0 Å². The van der Waals surface area contributed by atoms with Crippen LogP contribution >= 0.6 is 0 Å². The van der Waals surface area contributed by atoms with Crippen LogP contribution in [0.5, 0.6) is 0 Å². The van der Waals surface area contributed by atoms with Crippen molar-refractivity contribution >= 4 is 16.9 Å². The number of oxazole rings is 1. The molecule has 2 aromatic rings. The molecule has 1 aromatic heterocycles. The fourth-order valence-corrected chi connectivity index (χ4v) is 2.62. The van der Waals surface area contributed by atoms with Crippen molar-refractivity contribution in [3.8, 4) is 0 Å².